The van der Waals surface area contributed by atoms with Gasteiger partial charge in [-0.3, -0.25) is 4.79 Å². The van der Waals surface area contributed by atoms with Crippen LogP contribution in [0, 0.1) is 0 Å². The van der Waals surface area contributed by atoms with Crippen molar-refractivity contribution in [3.63, 3.8) is 0 Å². The third-order valence-electron chi connectivity index (χ3n) is 2.68. The van der Waals surface area contributed by atoms with Crippen molar-refractivity contribution in [2.45, 2.75) is 0 Å². The summed E-state index contributed by atoms with van der Waals surface area (Å²) in [7, 11) is 2.99. The Morgan fingerprint density at radius 1 is 1.05 bits per heavy atom. The third kappa shape index (κ3) is 3.14. The quantitative estimate of drug-likeness (QED) is 0.876. The number of anilines is 1. The number of nitrogens with one attached hydrogen (secondary N) is 1. The predicted molar refractivity (Wildman–Crippen MR) is 73.2 cm³/mol. The molecule has 2 rings (SSSR count). The highest BCUT2D eigenvalue weighted by Crippen LogP contribution is 2.29. The number of hydrogen-bond donors (Lipinski definition) is 2. The average Bonchev–Trinajstić information content (AvgIpc) is 2.97. The second-order valence-electron chi connectivity index (χ2n) is 3.99. The summed E-state index contributed by atoms with van der Waals surface area (Å²) >= 11 is 0. The molecule has 0 fully saturated rings. The van der Waals surface area contributed by atoms with Crippen LogP contribution in [0.5, 0.6) is 11.5 Å². The molecule has 7 nitrogen and oxygen atoms in total. The molecular formula is C14H13NO6. The predicted octanol–water partition coefficient (Wildman–Crippen LogP) is 2.25. The second kappa shape index (κ2) is 6.00. The van der Waals surface area contributed by atoms with Gasteiger partial charge in [-0.15, -0.1) is 0 Å². The van der Waals surface area contributed by atoms with E-state index in [9.17, 15) is 9.59 Å². The van der Waals surface area contributed by atoms with E-state index in [2.05, 4.69) is 5.32 Å². The maximum absolute atomic E-state index is 11.9. The van der Waals surface area contributed by atoms with E-state index in [1.165, 1.54) is 26.4 Å². The first kappa shape index (κ1) is 14.4. The van der Waals surface area contributed by atoms with Gasteiger partial charge >= 0.3 is 5.97 Å². The number of carbonyl (C=O) groups excluding carboxylic acids is 1. The summed E-state index contributed by atoms with van der Waals surface area (Å²) in [5.74, 6) is -1.20. The summed E-state index contributed by atoms with van der Waals surface area (Å²) in [4.78, 5) is 22.6. The lowest BCUT2D eigenvalue weighted by atomic mass is 10.2. The number of amides is 1. The highest BCUT2D eigenvalue weighted by Gasteiger charge is 2.15. The SMILES string of the molecule is COc1ccc(NC(=O)c2ccc(C(=O)O)o2)cc1OC. The van der Waals surface area contributed by atoms with Gasteiger partial charge in [-0.2, -0.15) is 0 Å². The Balaban J connectivity index is 2.17. The van der Waals surface area contributed by atoms with Crippen molar-refractivity contribution in [3.05, 3.63) is 41.9 Å². The van der Waals surface area contributed by atoms with Crippen molar-refractivity contribution in [1.82, 2.24) is 0 Å². The summed E-state index contributed by atoms with van der Waals surface area (Å²) in [5.41, 5.74) is 0.464. The molecule has 2 aromatic rings. The van der Waals surface area contributed by atoms with Gasteiger partial charge in [-0.25, -0.2) is 4.79 Å². The van der Waals surface area contributed by atoms with Crippen LogP contribution in [0.3, 0.4) is 0 Å². The summed E-state index contributed by atoms with van der Waals surface area (Å²) in [6.45, 7) is 0. The number of carboxylic acids is 1. The molecule has 0 radical (unpaired) electrons. The molecule has 1 aromatic carbocycles. The van der Waals surface area contributed by atoms with Crippen LogP contribution in [-0.2, 0) is 0 Å². The number of hydrogen-bond acceptors (Lipinski definition) is 5. The topological polar surface area (TPSA) is 98.0 Å². The molecule has 0 aliphatic carbocycles. The number of benzene rings is 1. The number of aromatic carboxylic acids is 1. The highest BCUT2D eigenvalue weighted by atomic mass is 16.5. The summed E-state index contributed by atoms with van der Waals surface area (Å²) < 4.78 is 15.1. The third-order valence-corrected chi connectivity index (χ3v) is 2.68. The van der Waals surface area contributed by atoms with Crippen LogP contribution in [0.25, 0.3) is 0 Å². The van der Waals surface area contributed by atoms with Crippen molar-refractivity contribution < 1.29 is 28.6 Å². The van der Waals surface area contributed by atoms with Crippen LogP contribution in [0.15, 0.2) is 34.7 Å². The minimum Gasteiger partial charge on any atom is -0.493 e. The molecule has 1 amide bonds. The number of ether oxygens (including phenoxy) is 2. The maximum Gasteiger partial charge on any atom is 0.371 e. The average molecular weight is 291 g/mol. The van der Waals surface area contributed by atoms with Gasteiger partial charge in [0.2, 0.25) is 5.76 Å². The monoisotopic (exact) mass is 291 g/mol. The molecule has 0 aliphatic rings. The van der Waals surface area contributed by atoms with E-state index in [4.69, 9.17) is 19.0 Å². The number of carboxylic acid groups (broad SMARTS) is 1. The van der Waals surface area contributed by atoms with Crippen molar-refractivity contribution in [2.75, 3.05) is 19.5 Å². The van der Waals surface area contributed by atoms with Crippen molar-refractivity contribution in [1.29, 1.82) is 0 Å². The van der Waals surface area contributed by atoms with Crippen LogP contribution < -0.4 is 14.8 Å². The maximum atomic E-state index is 11.9. The van der Waals surface area contributed by atoms with E-state index in [1.807, 2.05) is 0 Å². The zero-order valence-corrected chi connectivity index (χ0v) is 11.4. The molecular weight excluding hydrogens is 278 g/mol. The minimum absolute atomic E-state index is 0.0952. The number of carbonyl (C=O) groups is 2. The molecule has 7 heteroatoms. The lowest BCUT2D eigenvalue weighted by Crippen LogP contribution is -2.11. The molecule has 1 aromatic heterocycles. The molecule has 0 bridgehead atoms. The summed E-state index contributed by atoms with van der Waals surface area (Å²) in [6, 6.07) is 7.35. The van der Waals surface area contributed by atoms with E-state index in [1.54, 1.807) is 18.2 Å². The molecule has 0 unspecified atom stereocenters. The van der Waals surface area contributed by atoms with Crippen molar-refractivity contribution in [2.24, 2.45) is 0 Å². The van der Waals surface area contributed by atoms with Crippen LogP contribution in [0.2, 0.25) is 0 Å². The Labute approximate surface area is 120 Å². The Bertz CT molecular complexity index is 676. The van der Waals surface area contributed by atoms with Gasteiger partial charge in [-0.1, -0.05) is 0 Å². The number of rotatable bonds is 5. The Kier molecular flexibility index (Phi) is 4.13. The number of furan rings is 1. The number of methoxy groups -OCH3 is 2. The fraction of sp³-hybridized carbons (Fsp3) is 0.143. The smallest absolute Gasteiger partial charge is 0.371 e. The van der Waals surface area contributed by atoms with Crippen LogP contribution >= 0.6 is 0 Å². The summed E-state index contributed by atoms with van der Waals surface area (Å²) in [6.07, 6.45) is 0. The van der Waals surface area contributed by atoms with Crippen molar-refractivity contribution in [3.8, 4) is 11.5 Å². The van der Waals surface area contributed by atoms with E-state index >= 15 is 0 Å². The second-order valence-corrected chi connectivity index (χ2v) is 3.99. The molecule has 21 heavy (non-hydrogen) atoms. The Morgan fingerprint density at radius 2 is 1.71 bits per heavy atom. The zero-order chi connectivity index (χ0) is 15.4. The molecule has 1 heterocycles. The van der Waals surface area contributed by atoms with Gasteiger partial charge < -0.3 is 24.3 Å². The van der Waals surface area contributed by atoms with E-state index in [-0.39, 0.29) is 11.5 Å². The van der Waals surface area contributed by atoms with E-state index < -0.39 is 11.9 Å². The molecule has 0 atom stereocenters. The first-order chi connectivity index (χ1) is 10.0. The summed E-state index contributed by atoms with van der Waals surface area (Å²) in [5, 5.41) is 11.3. The van der Waals surface area contributed by atoms with Gasteiger partial charge in [0, 0.05) is 11.8 Å². The van der Waals surface area contributed by atoms with E-state index in [0.717, 1.165) is 0 Å². The van der Waals surface area contributed by atoms with Crippen LogP contribution in [-0.4, -0.2) is 31.2 Å². The Hall–Kier alpha value is -2.96. The standard InChI is InChI=1S/C14H13NO6/c1-19-9-4-3-8(7-12(9)20-2)15-13(16)10-5-6-11(21-10)14(17)18/h3-7H,1-2H3,(H,15,16)(H,17,18). The molecule has 0 saturated heterocycles. The molecule has 2 N–H and O–H groups in total. The first-order valence-corrected chi connectivity index (χ1v) is 5.91. The normalized spacial score (nSPS) is 10.0. The first-order valence-electron chi connectivity index (χ1n) is 5.91. The minimum atomic E-state index is -1.24. The molecule has 0 spiro atoms. The molecule has 110 valence electrons. The molecule has 0 saturated carbocycles. The van der Waals surface area contributed by atoms with Gasteiger partial charge in [0.1, 0.15) is 0 Å². The van der Waals surface area contributed by atoms with Crippen molar-refractivity contribution >= 4 is 17.6 Å². The van der Waals surface area contributed by atoms with Gasteiger partial charge in [0.25, 0.3) is 5.91 Å². The largest absolute Gasteiger partial charge is 0.493 e. The zero-order valence-electron chi connectivity index (χ0n) is 11.4. The van der Waals surface area contributed by atoms with Gasteiger partial charge in [0.05, 0.1) is 14.2 Å². The van der Waals surface area contributed by atoms with Gasteiger partial charge in [0.15, 0.2) is 17.3 Å². The van der Waals surface area contributed by atoms with Crippen LogP contribution in [0.4, 0.5) is 5.69 Å². The van der Waals surface area contributed by atoms with E-state index in [0.29, 0.717) is 17.2 Å². The lowest BCUT2D eigenvalue weighted by Gasteiger charge is -2.09. The lowest BCUT2D eigenvalue weighted by molar-refractivity contribution is 0.0660. The van der Waals surface area contributed by atoms with Gasteiger partial charge in [-0.05, 0) is 24.3 Å². The highest BCUT2D eigenvalue weighted by molar-refractivity contribution is 6.03. The fourth-order valence-electron chi connectivity index (χ4n) is 1.68. The fourth-order valence-corrected chi connectivity index (χ4v) is 1.68. The molecule has 0 aliphatic heterocycles. The Morgan fingerprint density at radius 3 is 2.29 bits per heavy atom. The van der Waals surface area contributed by atoms with Crippen LogP contribution in [0.1, 0.15) is 21.1 Å².